The molecule has 0 aliphatic rings. The van der Waals surface area contributed by atoms with Gasteiger partial charge in [-0.25, -0.2) is 0 Å². The molecule has 0 spiro atoms. The van der Waals surface area contributed by atoms with E-state index in [9.17, 15) is 9.36 Å². The topological polar surface area (TPSA) is 54.4 Å². The molecule has 0 rings (SSSR count). The second kappa shape index (κ2) is 2.94. The predicted molar refractivity (Wildman–Crippen MR) is 39.6 cm³/mol. The molecule has 3 nitrogen and oxygen atoms in total. The molecular formula is C3H6IO3P. The Bertz CT molecular complexity index is 137. The van der Waals surface area contributed by atoms with Gasteiger partial charge in [0.1, 0.15) is 0 Å². The van der Waals surface area contributed by atoms with E-state index < -0.39 is 7.37 Å². The summed E-state index contributed by atoms with van der Waals surface area (Å²) in [6.45, 7) is 1.17. The Balaban J connectivity index is 3.74. The standard InChI is InChI=1S/C3H6IO3P/c1-8(6,7)2-3(4)5/h2H2,1H3,(H,6,7). The van der Waals surface area contributed by atoms with Gasteiger partial charge in [-0.2, -0.15) is 0 Å². The average Bonchev–Trinajstić information content (AvgIpc) is 1.21. The number of hydrogen-bond acceptors (Lipinski definition) is 2. The molecule has 0 aliphatic carbocycles. The molecule has 0 aromatic rings. The Morgan fingerprint density at radius 3 is 2.25 bits per heavy atom. The van der Waals surface area contributed by atoms with E-state index in [1.54, 1.807) is 0 Å². The Morgan fingerprint density at radius 2 is 2.25 bits per heavy atom. The molecule has 5 heteroatoms. The van der Waals surface area contributed by atoms with Crippen LogP contribution in [0.3, 0.4) is 0 Å². The molecule has 1 unspecified atom stereocenters. The van der Waals surface area contributed by atoms with Gasteiger partial charge in [-0.1, -0.05) is 0 Å². The first-order valence-electron chi connectivity index (χ1n) is 1.89. The zero-order chi connectivity index (χ0) is 6.78. The van der Waals surface area contributed by atoms with Gasteiger partial charge in [0.2, 0.25) is 11.2 Å². The van der Waals surface area contributed by atoms with Crippen molar-refractivity contribution < 1.29 is 14.3 Å². The monoisotopic (exact) mass is 248 g/mol. The molecule has 0 aliphatic heterocycles. The van der Waals surface area contributed by atoms with Crippen molar-refractivity contribution in [3.8, 4) is 0 Å². The third-order valence-electron chi connectivity index (χ3n) is 0.418. The number of halogens is 1. The van der Waals surface area contributed by atoms with Crippen LogP contribution < -0.4 is 0 Å². The van der Waals surface area contributed by atoms with Gasteiger partial charge in [-0.3, -0.25) is 9.36 Å². The van der Waals surface area contributed by atoms with Crippen molar-refractivity contribution in [3.63, 3.8) is 0 Å². The van der Waals surface area contributed by atoms with Crippen molar-refractivity contribution in [2.75, 3.05) is 12.8 Å². The minimum atomic E-state index is -3.08. The van der Waals surface area contributed by atoms with Gasteiger partial charge >= 0.3 is 0 Å². The summed E-state index contributed by atoms with van der Waals surface area (Å²) in [6.07, 6.45) is -0.215. The van der Waals surface area contributed by atoms with Crippen LogP contribution in [0.25, 0.3) is 0 Å². The van der Waals surface area contributed by atoms with Gasteiger partial charge in [0, 0.05) is 29.3 Å². The van der Waals surface area contributed by atoms with Crippen LogP contribution in [-0.4, -0.2) is 21.5 Å². The molecule has 1 N–H and O–H groups in total. The van der Waals surface area contributed by atoms with E-state index in [1.165, 1.54) is 29.3 Å². The molecule has 48 valence electrons. The quantitative estimate of drug-likeness (QED) is 0.447. The molecule has 0 fully saturated rings. The smallest absolute Gasteiger partial charge is 0.205 e. The van der Waals surface area contributed by atoms with E-state index in [1.807, 2.05) is 0 Å². The summed E-state index contributed by atoms with van der Waals surface area (Å²) < 4.78 is 10.1. The van der Waals surface area contributed by atoms with E-state index in [2.05, 4.69) is 0 Å². The highest BCUT2D eigenvalue weighted by molar-refractivity contribution is 14.1. The molecule has 0 amide bonds. The lowest BCUT2D eigenvalue weighted by atomic mass is 10.9. The van der Waals surface area contributed by atoms with Crippen molar-refractivity contribution in [1.29, 1.82) is 0 Å². The van der Waals surface area contributed by atoms with E-state index in [0.29, 0.717) is 0 Å². The SMILES string of the molecule is CP(=O)(O)CC(=O)I. The van der Waals surface area contributed by atoms with E-state index in [-0.39, 0.29) is 9.95 Å². The Labute approximate surface area is 61.1 Å². The number of hydrogen-bond donors (Lipinski definition) is 1. The summed E-state index contributed by atoms with van der Waals surface area (Å²) >= 11 is 1.50. The molecule has 0 bridgehead atoms. The van der Waals surface area contributed by atoms with Crippen LogP contribution >= 0.6 is 30.0 Å². The average molecular weight is 248 g/mol. The zero-order valence-corrected chi connectivity index (χ0v) is 7.35. The molecule has 0 saturated carbocycles. The van der Waals surface area contributed by atoms with Crippen molar-refractivity contribution in [1.82, 2.24) is 0 Å². The van der Waals surface area contributed by atoms with Crippen molar-refractivity contribution >= 4 is 33.7 Å². The number of carbonyl (C=O) groups is 1. The van der Waals surface area contributed by atoms with Crippen LogP contribution in [0.1, 0.15) is 0 Å². The van der Waals surface area contributed by atoms with Crippen molar-refractivity contribution in [3.05, 3.63) is 0 Å². The minimum Gasteiger partial charge on any atom is -0.344 e. The molecule has 0 aromatic carbocycles. The van der Waals surface area contributed by atoms with Gasteiger partial charge in [0.25, 0.3) is 0 Å². The number of carbonyl (C=O) groups excluding carboxylic acids is 1. The Kier molecular flexibility index (Phi) is 3.16. The van der Waals surface area contributed by atoms with Crippen molar-refractivity contribution in [2.45, 2.75) is 0 Å². The van der Waals surface area contributed by atoms with Crippen molar-refractivity contribution in [2.24, 2.45) is 0 Å². The first-order valence-corrected chi connectivity index (χ1v) is 5.26. The highest BCUT2D eigenvalue weighted by atomic mass is 127. The lowest BCUT2D eigenvalue weighted by Crippen LogP contribution is -1.93. The summed E-state index contributed by atoms with van der Waals surface area (Å²) in [5.74, 6) is 0. The highest BCUT2D eigenvalue weighted by Crippen LogP contribution is 2.35. The Hall–Kier alpha value is 0.590. The van der Waals surface area contributed by atoms with Gasteiger partial charge in [-0.05, 0) is 0 Å². The molecule has 0 heterocycles. The first kappa shape index (κ1) is 8.59. The van der Waals surface area contributed by atoms with Crippen LogP contribution in [-0.2, 0) is 9.36 Å². The lowest BCUT2D eigenvalue weighted by molar-refractivity contribution is -0.107. The summed E-state index contributed by atoms with van der Waals surface area (Å²) in [5, 5.41) is 0. The van der Waals surface area contributed by atoms with Crippen LogP contribution in [0.5, 0.6) is 0 Å². The molecular weight excluding hydrogens is 242 g/mol. The maximum Gasteiger partial charge on any atom is 0.205 e. The molecule has 0 saturated heterocycles. The highest BCUT2D eigenvalue weighted by Gasteiger charge is 2.12. The summed E-state index contributed by atoms with van der Waals surface area (Å²) in [5.41, 5.74) is 0. The first-order chi connectivity index (χ1) is 3.42. The van der Waals surface area contributed by atoms with Gasteiger partial charge in [0.15, 0.2) is 0 Å². The Morgan fingerprint density at radius 1 is 1.88 bits per heavy atom. The van der Waals surface area contributed by atoms with E-state index in [4.69, 9.17) is 4.89 Å². The third kappa shape index (κ3) is 6.59. The molecule has 0 radical (unpaired) electrons. The van der Waals surface area contributed by atoms with Gasteiger partial charge < -0.3 is 4.89 Å². The predicted octanol–water partition coefficient (Wildman–Crippen LogP) is 0.848. The summed E-state index contributed by atoms with van der Waals surface area (Å²) in [6, 6.07) is 0. The maximum absolute atomic E-state index is 10.4. The lowest BCUT2D eigenvalue weighted by Gasteiger charge is -1.97. The summed E-state index contributed by atoms with van der Waals surface area (Å²) in [4.78, 5) is 18.6. The van der Waals surface area contributed by atoms with Crippen LogP contribution in [0.15, 0.2) is 0 Å². The zero-order valence-electron chi connectivity index (χ0n) is 4.30. The van der Waals surface area contributed by atoms with Gasteiger partial charge in [-0.15, -0.1) is 0 Å². The normalized spacial score (nSPS) is 17.4. The fourth-order valence-corrected chi connectivity index (χ4v) is 2.59. The second-order valence-corrected chi connectivity index (χ2v) is 5.19. The second-order valence-electron chi connectivity index (χ2n) is 1.56. The molecule has 8 heavy (non-hydrogen) atoms. The minimum absolute atomic E-state index is 0.215. The summed E-state index contributed by atoms with van der Waals surface area (Å²) in [7, 11) is -3.08. The fourth-order valence-electron chi connectivity index (χ4n) is 0.231. The van der Waals surface area contributed by atoms with Crippen LogP contribution in [0, 0.1) is 0 Å². The number of rotatable bonds is 2. The van der Waals surface area contributed by atoms with Crippen LogP contribution in [0.2, 0.25) is 0 Å². The fraction of sp³-hybridized carbons (Fsp3) is 0.667. The van der Waals surface area contributed by atoms with Gasteiger partial charge in [0.05, 0.1) is 6.16 Å². The molecule has 0 aromatic heterocycles. The van der Waals surface area contributed by atoms with Crippen LogP contribution in [0.4, 0.5) is 0 Å². The third-order valence-corrected chi connectivity index (χ3v) is 2.28. The maximum atomic E-state index is 10.4. The van der Waals surface area contributed by atoms with E-state index in [0.717, 1.165) is 0 Å². The largest absolute Gasteiger partial charge is 0.344 e. The van der Waals surface area contributed by atoms with E-state index >= 15 is 0 Å². The molecule has 1 atom stereocenters.